The van der Waals surface area contributed by atoms with Crippen molar-refractivity contribution in [1.29, 1.82) is 0 Å². The summed E-state index contributed by atoms with van der Waals surface area (Å²) in [5, 5.41) is 3.38. The van der Waals surface area contributed by atoms with E-state index in [0.29, 0.717) is 10.8 Å². The number of sulfone groups is 1. The van der Waals surface area contributed by atoms with Crippen LogP contribution in [0.1, 0.15) is 26.2 Å². The Labute approximate surface area is 110 Å². The largest absolute Gasteiger partial charge is 0.313 e. The van der Waals surface area contributed by atoms with Gasteiger partial charge in [0, 0.05) is 6.04 Å². The Morgan fingerprint density at radius 2 is 1.94 bits per heavy atom. The van der Waals surface area contributed by atoms with Gasteiger partial charge in [-0.25, -0.2) is 8.42 Å². The van der Waals surface area contributed by atoms with Crippen LogP contribution in [0.15, 0.2) is 35.2 Å². The zero-order valence-electron chi connectivity index (χ0n) is 10.8. The molecule has 0 saturated heterocycles. The van der Waals surface area contributed by atoms with E-state index >= 15 is 0 Å². The molecule has 1 aliphatic rings. The van der Waals surface area contributed by atoms with Crippen molar-refractivity contribution in [1.82, 2.24) is 5.32 Å². The molecule has 1 aromatic carbocycles. The van der Waals surface area contributed by atoms with Gasteiger partial charge in [0.1, 0.15) is 0 Å². The monoisotopic (exact) mass is 267 g/mol. The van der Waals surface area contributed by atoms with Crippen LogP contribution >= 0.6 is 0 Å². The van der Waals surface area contributed by atoms with Gasteiger partial charge in [0.05, 0.1) is 10.6 Å². The molecule has 1 atom stereocenters. The van der Waals surface area contributed by atoms with E-state index in [-0.39, 0.29) is 11.8 Å². The van der Waals surface area contributed by atoms with Crippen LogP contribution in [0.4, 0.5) is 0 Å². The molecule has 2 rings (SSSR count). The first-order valence-corrected chi connectivity index (χ1v) is 8.30. The lowest BCUT2D eigenvalue weighted by atomic mass is 10.2. The minimum absolute atomic E-state index is 0.121. The van der Waals surface area contributed by atoms with Crippen LogP contribution in [0.25, 0.3) is 0 Å². The maximum absolute atomic E-state index is 12.3. The second-order valence-corrected chi connectivity index (χ2v) is 7.03. The highest BCUT2D eigenvalue weighted by molar-refractivity contribution is 7.91. The third kappa shape index (κ3) is 3.56. The van der Waals surface area contributed by atoms with Crippen molar-refractivity contribution in [2.75, 3.05) is 12.3 Å². The Kier molecular flexibility index (Phi) is 4.40. The molecule has 0 aliphatic heterocycles. The molecule has 0 bridgehead atoms. The third-order valence-electron chi connectivity index (χ3n) is 3.35. The number of nitrogens with one attached hydrogen (secondary N) is 1. The summed E-state index contributed by atoms with van der Waals surface area (Å²) in [4.78, 5) is 0.439. The van der Waals surface area contributed by atoms with Crippen molar-refractivity contribution in [2.45, 2.75) is 37.1 Å². The smallest absolute Gasteiger partial charge is 0.179 e. The number of benzene rings is 1. The number of hydrogen-bond acceptors (Lipinski definition) is 3. The van der Waals surface area contributed by atoms with Crippen molar-refractivity contribution in [3.05, 3.63) is 30.3 Å². The normalized spacial score (nSPS) is 17.6. The van der Waals surface area contributed by atoms with E-state index in [4.69, 9.17) is 0 Å². The van der Waals surface area contributed by atoms with Gasteiger partial charge in [0.15, 0.2) is 9.84 Å². The fourth-order valence-corrected chi connectivity index (χ4v) is 3.78. The van der Waals surface area contributed by atoms with Crippen molar-refractivity contribution in [3.8, 4) is 0 Å². The van der Waals surface area contributed by atoms with Crippen LogP contribution in [0.2, 0.25) is 0 Å². The summed E-state index contributed by atoms with van der Waals surface area (Å²) in [6.45, 7) is 2.99. The summed E-state index contributed by atoms with van der Waals surface area (Å²) in [7, 11) is -3.16. The molecule has 100 valence electrons. The summed E-state index contributed by atoms with van der Waals surface area (Å²) >= 11 is 0. The molecule has 3 nitrogen and oxygen atoms in total. The Morgan fingerprint density at radius 1 is 1.28 bits per heavy atom. The molecule has 0 spiro atoms. The molecule has 1 fully saturated rings. The predicted molar refractivity (Wildman–Crippen MR) is 73.3 cm³/mol. The summed E-state index contributed by atoms with van der Waals surface area (Å²) in [6.07, 6.45) is 3.35. The first kappa shape index (κ1) is 13.6. The Morgan fingerprint density at radius 3 is 2.50 bits per heavy atom. The molecule has 1 saturated carbocycles. The van der Waals surface area contributed by atoms with Gasteiger partial charge < -0.3 is 5.32 Å². The number of rotatable bonds is 7. The first-order valence-electron chi connectivity index (χ1n) is 6.64. The molecule has 1 aromatic rings. The van der Waals surface area contributed by atoms with Gasteiger partial charge in [-0.1, -0.05) is 25.1 Å². The van der Waals surface area contributed by atoms with Crippen LogP contribution in [0.5, 0.6) is 0 Å². The van der Waals surface area contributed by atoms with Gasteiger partial charge in [-0.05, 0) is 43.9 Å². The van der Waals surface area contributed by atoms with Crippen molar-refractivity contribution < 1.29 is 8.42 Å². The minimum Gasteiger partial charge on any atom is -0.313 e. The molecule has 0 heterocycles. The highest BCUT2D eigenvalue weighted by Gasteiger charge is 2.34. The third-order valence-corrected chi connectivity index (χ3v) is 5.14. The highest BCUT2D eigenvalue weighted by Crippen LogP contribution is 2.33. The van der Waals surface area contributed by atoms with Crippen molar-refractivity contribution >= 4 is 9.84 Å². The molecular weight excluding hydrogens is 246 g/mol. The summed E-state index contributed by atoms with van der Waals surface area (Å²) in [5.41, 5.74) is 0. The maximum Gasteiger partial charge on any atom is 0.179 e. The highest BCUT2D eigenvalue weighted by atomic mass is 32.2. The second kappa shape index (κ2) is 5.85. The molecule has 0 amide bonds. The quantitative estimate of drug-likeness (QED) is 0.824. The van der Waals surface area contributed by atoms with Gasteiger partial charge in [0.25, 0.3) is 0 Å². The standard InChI is InChI=1S/C14H21NO2S/c1-2-10-15-14(12-8-9-12)11-18(16,17)13-6-4-3-5-7-13/h3-7,12,14-15H,2,8-11H2,1H3. The van der Waals surface area contributed by atoms with E-state index < -0.39 is 9.84 Å². The zero-order valence-corrected chi connectivity index (χ0v) is 11.6. The van der Waals surface area contributed by atoms with Crippen LogP contribution in [0, 0.1) is 5.92 Å². The van der Waals surface area contributed by atoms with Gasteiger partial charge in [-0.15, -0.1) is 0 Å². The van der Waals surface area contributed by atoms with E-state index in [1.54, 1.807) is 24.3 Å². The topological polar surface area (TPSA) is 46.2 Å². The lowest BCUT2D eigenvalue weighted by molar-refractivity contribution is 0.489. The van der Waals surface area contributed by atoms with Crippen LogP contribution < -0.4 is 5.32 Å². The fraction of sp³-hybridized carbons (Fsp3) is 0.571. The SMILES string of the molecule is CCCNC(CS(=O)(=O)c1ccccc1)C1CC1. The van der Waals surface area contributed by atoms with Crippen LogP contribution in [-0.2, 0) is 9.84 Å². The average Bonchev–Trinajstić information content (AvgIpc) is 3.20. The lowest BCUT2D eigenvalue weighted by Gasteiger charge is -2.18. The minimum atomic E-state index is -3.16. The molecule has 0 aromatic heterocycles. The molecule has 1 unspecified atom stereocenters. The zero-order chi connectivity index (χ0) is 13.0. The van der Waals surface area contributed by atoms with Crippen LogP contribution in [0.3, 0.4) is 0 Å². The summed E-state index contributed by atoms with van der Waals surface area (Å²) < 4.78 is 24.6. The molecular formula is C14H21NO2S. The molecule has 1 aliphatic carbocycles. The Hall–Kier alpha value is -0.870. The first-order chi connectivity index (χ1) is 8.63. The maximum atomic E-state index is 12.3. The predicted octanol–water partition coefficient (Wildman–Crippen LogP) is 2.24. The van der Waals surface area contributed by atoms with Gasteiger partial charge in [-0.2, -0.15) is 0 Å². The summed E-state index contributed by atoms with van der Waals surface area (Å²) in [6, 6.07) is 8.87. The average molecular weight is 267 g/mol. The van der Waals surface area contributed by atoms with E-state index in [1.807, 2.05) is 6.07 Å². The van der Waals surface area contributed by atoms with E-state index in [0.717, 1.165) is 25.8 Å². The number of hydrogen-bond donors (Lipinski definition) is 1. The van der Waals surface area contributed by atoms with Gasteiger partial charge in [-0.3, -0.25) is 0 Å². The van der Waals surface area contributed by atoms with Gasteiger partial charge >= 0.3 is 0 Å². The Bertz CT molecular complexity index is 466. The Balaban J connectivity index is 2.06. The van der Waals surface area contributed by atoms with E-state index in [9.17, 15) is 8.42 Å². The molecule has 0 radical (unpaired) electrons. The lowest BCUT2D eigenvalue weighted by Crippen LogP contribution is -2.38. The van der Waals surface area contributed by atoms with Crippen molar-refractivity contribution in [2.24, 2.45) is 5.92 Å². The fourth-order valence-electron chi connectivity index (χ4n) is 2.15. The second-order valence-electron chi connectivity index (χ2n) is 4.99. The summed E-state index contributed by atoms with van der Waals surface area (Å²) in [5.74, 6) is 0.775. The van der Waals surface area contributed by atoms with E-state index in [2.05, 4.69) is 12.2 Å². The molecule has 18 heavy (non-hydrogen) atoms. The van der Waals surface area contributed by atoms with E-state index in [1.165, 1.54) is 0 Å². The van der Waals surface area contributed by atoms with Gasteiger partial charge in [0.2, 0.25) is 0 Å². The van der Waals surface area contributed by atoms with Crippen LogP contribution in [-0.4, -0.2) is 26.8 Å². The molecule has 1 N–H and O–H groups in total. The van der Waals surface area contributed by atoms with Crippen molar-refractivity contribution in [3.63, 3.8) is 0 Å². The molecule has 4 heteroatoms.